The molecule has 0 aliphatic rings. The van der Waals surface area contributed by atoms with Crippen molar-refractivity contribution in [3.63, 3.8) is 0 Å². The van der Waals surface area contributed by atoms with Crippen molar-refractivity contribution in [2.75, 3.05) is 0 Å². The second-order valence-corrected chi connectivity index (χ2v) is 10.3. The first kappa shape index (κ1) is 17.3. The maximum atomic E-state index is 2.32. The molecule has 3 rings (SSSR count). The van der Waals surface area contributed by atoms with Crippen molar-refractivity contribution in [1.29, 1.82) is 0 Å². The minimum atomic E-state index is -0.332. The van der Waals surface area contributed by atoms with Crippen LogP contribution in [0, 0.1) is 0 Å². The summed E-state index contributed by atoms with van der Waals surface area (Å²) in [6, 6.07) is 33.2. The Kier molecular flexibility index (Phi) is 6.59. The van der Waals surface area contributed by atoms with E-state index in [9.17, 15) is 0 Å². The maximum absolute atomic E-state index is 2.32. The Morgan fingerprint density at radius 1 is 0.708 bits per heavy atom. The van der Waals surface area contributed by atoms with E-state index >= 15 is 0 Å². The fraction of sp³-hybridized carbons (Fsp3) is 0.182. The maximum Gasteiger partial charge on any atom is 0.00871 e. The van der Waals surface area contributed by atoms with Gasteiger partial charge < -0.3 is 0 Å². The van der Waals surface area contributed by atoms with Crippen LogP contribution >= 0.6 is 16.5 Å². The smallest absolute Gasteiger partial charge is 0.00871 e. The summed E-state index contributed by atoms with van der Waals surface area (Å²) >= 11 is 0. The lowest BCUT2D eigenvalue weighted by molar-refractivity contribution is 0.865. The largest absolute Gasteiger partial charge is 0.0822 e. The van der Waals surface area contributed by atoms with Crippen molar-refractivity contribution in [2.24, 2.45) is 0 Å². The molecule has 0 nitrogen and oxygen atoms in total. The zero-order valence-electron chi connectivity index (χ0n) is 14.1. The summed E-state index contributed by atoms with van der Waals surface area (Å²) in [5.74, 6) is 0. The summed E-state index contributed by atoms with van der Waals surface area (Å²) in [5.41, 5.74) is 0. The molecule has 24 heavy (non-hydrogen) atoms. The second kappa shape index (κ2) is 9.12. The molecule has 0 saturated heterocycles. The average Bonchev–Trinajstić information content (AvgIpc) is 2.65. The summed E-state index contributed by atoms with van der Waals surface area (Å²) < 4.78 is 0. The van der Waals surface area contributed by atoms with E-state index in [4.69, 9.17) is 0 Å². The monoisotopic (exact) mass is 350 g/mol. The highest BCUT2D eigenvalue weighted by Crippen LogP contribution is 2.49. The highest BCUT2D eigenvalue weighted by Gasteiger charge is 2.24. The molecule has 0 aliphatic carbocycles. The van der Waals surface area contributed by atoms with Gasteiger partial charge in [-0.05, 0) is 30.3 Å². The third kappa shape index (κ3) is 4.54. The molecule has 0 heterocycles. The van der Waals surface area contributed by atoms with Crippen LogP contribution in [0.3, 0.4) is 0 Å². The molecule has 3 aromatic carbocycles. The van der Waals surface area contributed by atoms with Crippen LogP contribution in [0.5, 0.6) is 0 Å². The number of hydrogen-bond acceptors (Lipinski definition) is 0. The molecule has 0 aliphatic heterocycles. The van der Waals surface area contributed by atoms with Crippen LogP contribution in [0.1, 0.15) is 19.8 Å². The summed E-state index contributed by atoms with van der Waals surface area (Å²) in [4.78, 5) is 0. The third-order valence-corrected chi connectivity index (χ3v) is 9.09. The number of rotatable bonds is 7. The van der Waals surface area contributed by atoms with E-state index in [2.05, 4.69) is 97.9 Å². The van der Waals surface area contributed by atoms with Gasteiger partial charge in [-0.25, -0.2) is 0 Å². The first-order valence-electron chi connectivity index (χ1n) is 8.59. The van der Waals surface area contributed by atoms with Gasteiger partial charge in [0.1, 0.15) is 0 Å². The normalized spacial score (nSPS) is 12.8. The molecule has 0 bridgehead atoms. The van der Waals surface area contributed by atoms with Gasteiger partial charge in [0.2, 0.25) is 0 Å². The van der Waals surface area contributed by atoms with Crippen LogP contribution in [0.4, 0.5) is 0 Å². The predicted molar refractivity (Wildman–Crippen MR) is 112 cm³/mol. The van der Waals surface area contributed by atoms with Crippen molar-refractivity contribution >= 4 is 32.4 Å². The van der Waals surface area contributed by atoms with Gasteiger partial charge in [0.15, 0.2) is 0 Å². The molecular weight excluding hydrogens is 326 g/mol. The van der Waals surface area contributed by atoms with Gasteiger partial charge in [-0.1, -0.05) is 113 Å². The van der Waals surface area contributed by atoms with Gasteiger partial charge in [-0.3, -0.25) is 0 Å². The van der Waals surface area contributed by atoms with E-state index in [1.54, 1.807) is 0 Å². The van der Waals surface area contributed by atoms with Crippen molar-refractivity contribution in [3.05, 3.63) is 91.0 Å². The minimum Gasteiger partial charge on any atom is -0.0822 e. The molecule has 0 aromatic heterocycles. The molecule has 122 valence electrons. The molecule has 2 atom stereocenters. The van der Waals surface area contributed by atoms with Crippen LogP contribution in [0.25, 0.3) is 0 Å². The lowest BCUT2D eigenvalue weighted by Crippen LogP contribution is -2.20. The van der Waals surface area contributed by atoms with Gasteiger partial charge in [0, 0.05) is 5.40 Å². The first-order chi connectivity index (χ1) is 11.9. The van der Waals surface area contributed by atoms with Crippen LogP contribution in [0.2, 0.25) is 0 Å². The molecule has 0 N–H and O–H groups in total. The average molecular weight is 350 g/mol. The third-order valence-electron chi connectivity index (χ3n) is 4.05. The summed E-state index contributed by atoms with van der Waals surface area (Å²) in [6.07, 6.45) is 2.52. The molecule has 0 spiro atoms. The van der Waals surface area contributed by atoms with E-state index in [1.807, 2.05) is 0 Å². The molecule has 2 unspecified atom stereocenters. The van der Waals surface area contributed by atoms with E-state index in [0.29, 0.717) is 5.40 Å². The highest BCUT2D eigenvalue weighted by atomic mass is 31.2. The second-order valence-electron chi connectivity index (χ2n) is 5.86. The lowest BCUT2D eigenvalue weighted by Gasteiger charge is -2.29. The molecule has 0 radical (unpaired) electrons. The SMILES string of the molecule is CCCC(Pc1ccccc1)P(c1ccccc1)c1ccccc1. The van der Waals surface area contributed by atoms with Crippen LogP contribution < -0.4 is 15.9 Å². The summed E-state index contributed by atoms with van der Waals surface area (Å²) in [7, 11) is 0.531. The quantitative estimate of drug-likeness (QED) is 0.511. The Morgan fingerprint density at radius 2 is 1.17 bits per heavy atom. The van der Waals surface area contributed by atoms with Gasteiger partial charge in [0.05, 0.1) is 0 Å². The van der Waals surface area contributed by atoms with Gasteiger partial charge in [0.25, 0.3) is 0 Å². The Morgan fingerprint density at radius 3 is 1.62 bits per heavy atom. The Labute approximate surface area is 148 Å². The van der Waals surface area contributed by atoms with Crippen LogP contribution in [0.15, 0.2) is 91.0 Å². The summed E-state index contributed by atoms with van der Waals surface area (Å²) in [5, 5.41) is 5.19. The Balaban J connectivity index is 1.97. The van der Waals surface area contributed by atoms with Crippen LogP contribution in [-0.4, -0.2) is 5.40 Å². The molecule has 2 heteroatoms. The predicted octanol–water partition coefficient (Wildman–Crippen LogP) is 5.25. The Bertz CT molecular complexity index is 671. The standard InChI is InChI=1S/C22H24P2/c1-2-12-22(23-19-13-6-3-7-14-19)24(20-15-8-4-9-16-20)21-17-10-5-11-18-21/h3-11,13-18,22-23H,2,12H2,1H3. The summed E-state index contributed by atoms with van der Waals surface area (Å²) in [6.45, 7) is 2.31. The van der Waals surface area contributed by atoms with Crippen molar-refractivity contribution in [3.8, 4) is 0 Å². The number of benzene rings is 3. The van der Waals surface area contributed by atoms with E-state index < -0.39 is 0 Å². The minimum absolute atomic E-state index is 0.332. The molecule has 0 amide bonds. The van der Waals surface area contributed by atoms with Crippen molar-refractivity contribution in [2.45, 2.75) is 25.2 Å². The molecule has 0 fully saturated rings. The Hall–Kier alpha value is -1.48. The van der Waals surface area contributed by atoms with Gasteiger partial charge in [-0.15, -0.1) is 0 Å². The zero-order valence-corrected chi connectivity index (χ0v) is 16.0. The lowest BCUT2D eigenvalue weighted by atomic mass is 10.4. The van der Waals surface area contributed by atoms with E-state index in [0.717, 1.165) is 8.58 Å². The van der Waals surface area contributed by atoms with Crippen LogP contribution in [-0.2, 0) is 0 Å². The molecule has 0 saturated carbocycles. The van der Waals surface area contributed by atoms with E-state index in [-0.39, 0.29) is 7.92 Å². The molecular formula is C22H24P2. The molecule has 3 aromatic rings. The zero-order chi connectivity index (χ0) is 16.6. The number of hydrogen-bond donors (Lipinski definition) is 0. The fourth-order valence-electron chi connectivity index (χ4n) is 2.95. The van der Waals surface area contributed by atoms with E-state index in [1.165, 1.54) is 28.8 Å². The van der Waals surface area contributed by atoms with Gasteiger partial charge >= 0.3 is 0 Å². The van der Waals surface area contributed by atoms with Crippen molar-refractivity contribution < 1.29 is 0 Å². The topological polar surface area (TPSA) is 0 Å². The fourth-order valence-corrected chi connectivity index (χ4v) is 8.53. The van der Waals surface area contributed by atoms with Gasteiger partial charge in [-0.2, -0.15) is 0 Å². The first-order valence-corrected chi connectivity index (χ1v) is 11.1. The van der Waals surface area contributed by atoms with Crippen molar-refractivity contribution in [1.82, 2.24) is 0 Å². The highest BCUT2D eigenvalue weighted by molar-refractivity contribution is 7.81.